The summed E-state index contributed by atoms with van der Waals surface area (Å²) in [5.41, 5.74) is -1.15. The molecule has 0 aromatic carbocycles. The van der Waals surface area contributed by atoms with Crippen molar-refractivity contribution in [3.05, 3.63) is 0 Å². The first-order valence-corrected chi connectivity index (χ1v) is 4.86. The van der Waals surface area contributed by atoms with Gasteiger partial charge in [0, 0.05) is 6.54 Å². The van der Waals surface area contributed by atoms with Crippen molar-refractivity contribution in [2.45, 2.75) is 25.4 Å². The summed E-state index contributed by atoms with van der Waals surface area (Å²) in [6, 6.07) is 0. The number of amides is 1. The summed E-state index contributed by atoms with van der Waals surface area (Å²) in [5.74, 6) is 0. The molecule has 0 aliphatic carbocycles. The van der Waals surface area contributed by atoms with Crippen molar-refractivity contribution in [1.82, 2.24) is 4.90 Å². The van der Waals surface area contributed by atoms with E-state index in [0.29, 0.717) is 26.0 Å². The molecule has 1 saturated heterocycles. The molecule has 0 bridgehead atoms. The molecule has 0 aromatic heterocycles. The number of rotatable bonds is 2. The number of β-amino-alcohol motifs (C(OH)–C–C–N with tert-alkyl or cyclic N) is 1. The second-order valence-electron chi connectivity index (χ2n) is 3.61. The summed E-state index contributed by atoms with van der Waals surface area (Å²) >= 11 is 0. The topological polar surface area (TPSA) is 70.0 Å². The number of aliphatic hydroxyl groups excluding tert-OH is 1. The molecule has 2 N–H and O–H groups in total. The molecule has 0 aromatic rings. The summed E-state index contributed by atoms with van der Waals surface area (Å²) in [6.45, 7) is 2.49. The number of carbonyl (C=O) groups excluding carboxylic acids is 1. The number of nitrogens with zero attached hydrogens (tertiary/aromatic N) is 1. The Morgan fingerprint density at radius 2 is 2.36 bits per heavy atom. The van der Waals surface area contributed by atoms with Crippen molar-refractivity contribution in [3.8, 4) is 0 Å². The van der Waals surface area contributed by atoms with Crippen LogP contribution in [0.5, 0.6) is 0 Å². The lowest BCUT2D eigenvalue weighted by Gasteiger charge is -2.37. The number of ether oxygens (including phenoxy) is 1. The minimum atomic E-state index is -1.15. The van der Waals surface area contributed by atoms with Gasteiger partial charge in [0.05, 0.1) is 19.8 Å². The van der Waals surface area contributed by atoms with Crippen LogP contribution >= 0.6 is 0 Å². The fourth-order valence-corrected chi connectivity index (χ4v) is 1.61. The van der Waals surface area contributed by atoms with Gasteiger partial charge in [-0.05, 0) is 19.8 Å². The van der Waals surface area contributed by atoms with Gasteiger partial charge in [0.2, 0.25) is 0 Å². The van der Waals surface area contributed by atoms with Crippen LogP contribution in [0.15, 0.2) is 0 Å². The molecule has 1 atom stereocenters. The number of aliphatic hydroxyl groups is 2. The number of hydrogen-bond acceptors (Lipinski definition) is 4. The van der Waals surface area contributed by atoms with E-state index in [1.807, 2.05) is 0 Å². The Bertz CT molecular complexity index is 209. The fourth-order valence-electron chi connectivity index (χ4n) is 1.61. The summed E-state index contributed by atoms with van der Waals surface area (Å²) in [6.07, 6.45) is 0.800. The van der Waals surface area contributed by atoms with Gasteiger partial charge < -0.3 is 19.8 Å². The highest BCUT2D eigenvalue weighted by Crippen LogP contribution is 2.20. The molecule has 1 rings (SSSR count). The molecule has 1 amide bonds. The summed E-state index contributed by atoms with van der Waals surface area (Å²) in [7, 11) is 0. The van der Waals surface area contributed by atoms with Crippen LogP contribution in [0.25, 0.3) is 0 Å². The molecule has 1 aliphatic heterocycles. The zero-order valence-corrected chi connectivity index (χ0v) is 8.40. The Labute approximate surface area is 83.3 Å². The molecule has 0 unspecified atom stereocenters. The van der Waals surface area contributed by atoms with Gasteiger partial charge in [0.15, 0.2) is 0 Å². The van der Waals surface area contributed by atoms with Gasteiger partial charge in [-0.2, -0.15) is 0 Å². The predicted octanol–water partition coefficient (Wildman–Crippen LogP) is -0.0379. The number of likely N-dealkylation sites (tertiary alicyclic amines) is 1. The zero-order valence-electron chi connectivity index (χ0n) is 8.40. The SMILES string of the molecule is CCOC(=O)N1CCC[C@@](O)(CO)C1. The molecule has 1 fully saturated rings. The monoisotopic (exact) mass is 203 g/mol. The number of piperidine rings is 1. The third kappa shape index (κ3) is 2.59. The lowest BCUT2D eigenvalue weighted by molar-refractivity contribution is -0.0634. The van der Waals surface area contributed by atoms with Crippen LogP contribution < -0.4 is 0 Å². The Balaban J connectivity index is 2.51. The standard InChI is InChI=1S/C9H17NO4/c1-2-14-8(12)10-5-3-4-9(13,6-10)7-11/h11,13H,2-7H2,1H3/t9-/m0/s1. The molecule has 5 nitrogen and oxygen atoms in total. The molecule has 1 aliphatic rings. The maximum atomic E-state index is 11.3. The second-order valence-corrected chi connectivity index (χ2v) is 3.61. The largest absolute Gasteiger partial charge is 0.450 e. The van der Waals surface area contributed by atoms with Gasteiger partial charge in [-0.3, -0.25) is 0 Å². The lowest BCUT2D eigenvalue weighted by Crippen LogP contribution is -2.52. The smallest absolute Gasteiger partial charge is 0.409 e. The van der Waals surface area contributed by atoms with Gasteiger partial charge in [-0.15, -0.1) is 0 Å². The van der Waals surface area contributed by atoms with E-state index in [9.17, 15) is 9.90 Å². The normalized spacial score (nSPS) is 27.5. The summed E-state index contributed by atoms with van der Waals surface area (Å²) in [5, 5.41) is 18.7. The maximum Gasteiger partial charge on any atom is 0.409 e. The van der Waals surface area contributed by atoms with Crippen molar-refractivity contribution >= 4 is 6.09 Å². The minimum Gasteiger partial charge on any atom is -0.450 e. The molecule has 1 heterocycles. The maximum absolute atomic E-state index is 11.3. The first kappa shape index (κ1) is 11.3. The van der Waals surface area contributed by atoms with Crippen molar-refractivity contribution in [3.63, 3.8) is 0 Å². The molecule has 82 valence electrons. The molecular weight excluding hydrogens is 186 g/mol. The van der Waals surface area contributed by atoms with E-state index in [2.05, 4.69) is 0 Å². The van der Waals surface area contributed by atoms with Crippen molar-refractivity contribution < 1.29 is 19.7 Å². The molecule has 5 heteroatoms. The van der Waals surface area contributed by atoms with Crippen LogP contribution in [-0.4, -0.2) is 53.1 Å². The van der Waals surface area contributed by atoms with Crippen LogP contribution in [0.2, 0.25) is 0 Å². The van der Waals surface area contributed by atoms with E-state index in [0.717, 1.165) is 0 Å². The van der Waals surface area contributed by atoms with E-state index >= 15 is 0 Å². The average Bonchev–Trinajstić information content (AvgIpc) is 2.18. The minimum absolute atomic E-state index is 0.155. The first-order chi connectivity index (χ1) is 6.61. The Hall–Kier alpha value is -0.810. The second kappa shape index (κ2) is 4.61. The summed E-state index contributed by atoms with van der Waals surface area (Å²) < 4.78 is 4.81. The first-order valence-electron chi connectivity index (χ1n) is 4.86. The molecule has 0 spiro atoms. The highest BCUT2D eigenvalue weighted by molar-refractivity contribution is 5.67. The Kier molecular flexibility index (Phi) is 3.71. The van der Waals surface area contributed by atoms with Gasteiger partial charge in [0.25, 0.3) is 0 Å². The highest BCUT2D eigenvalue weighted by atomic mass is 16.6. The molecular formula is C9H17NO4. The van der Waals surface area contributed by atoms with Gasteiger partial charge in [0.1, 0.15) is 5.60 Å². The van der Waals surface area contributed by atoms with Gasteiger partial charge in [-0.1, -0.05) is 0 Å². The van der Waals surface area contributed by atoms with E-state index in [4.69, 9.17) is 9.84 Å². The van der Waals surface area contributed by atoms with Crippen molar-refractivity contribution in [2.24, 2.45) is 0 Å². The van der Waals surface area contributed by atoms with Crippen LogP contribution in [0.4, 0.5) is 4.79 Å². The summed E-state index contributed by atoms with van der Waals surface area (Å²) in [4.78, 5) is 12.7. The van der Waals surface area contributed by atoms with Crippen molar-refractivity contribution in [2.75, 3.05) is 26.3 Å². The van der Waals surface area contributed by atoms with E-state index in [-0.39, 0.29) is 13.2 Å². The quantitative estimate of drug-likeness (QED) is 0.660. The van der Waals surface area contributed by atoms with Crippen LogP contribution in [0.3, 0.4) is 0 Å². The molecule has 14 heavy (non-hydrogen) atoms. The molecule has 0 radical (unpaired) electrons. The Morgan fingerprint density at radius 1 is 1.64 bits per heavy atom. The van der Waals surface area contributed by atoms with Crippen LogP contribution in [-0.2, 0) is 4.74 Å². The van der Waals surface area contributed by atoms with E-state index in [1.54, 1.807) is 6.92 Å². The van der Waals surface area contributed by atoms with E-state index in [1.165, 1.54) is 4.90 Å². The van der Waals surface area contributed by atoms with Gasteiger partial charge in [-0.25, -0.2) is 4.79 Å². The van der Waals surface area contributed by atoms with Crippen LogP contribution in [0.1, 0.15) is 19.8 Å². The lowest BCUT2D eigenvalue weighted by atomic mass is 9.94. The average molecular weight is 203 g/mol. The van der Waals surface area contributed by atoms with Crippen LogP contribution in [0, 0.1) is 0 Å². The third-order valence-electron chi connectivity index (χ3n) is 2.38. The third-order valence-corrected chi connectivity index (χ3v) is 2.38. The predicted molar refractivity (Wildman–Crippen MR) is 49.9 cm³/mol. The van der Waals surface area contributed by atoms with Crippen molar-refractivity contribution in [1.29, 1.82) is 0 Å². The molecule has 0 saturated carbocycles. The zero-order chi connectivity index (χ0) is 10.6. The fraction of sp³-hybridized carbons (Fsp3) is 0.889. The van der Waals surface area contributed by atoms with E-state index < -0.39 is 11.7 Å². The number of hydrogen-bond donors (Lipinski definition) is 2. The highest BCUT2D eigenvalue weighted by Gasteiger charge is 2.35. The number of carbonyl (C=O) groups is 1. The van der Waals surface area contributed by atoms with Gasteiger partial charge >= 0.3 is 6.09 Å². The Morgan fingerprint density at radius 3 is 2.93 bits per heavy atom.